The van der Waals surface area contributed by atoms with Crippen LogP contribution >= 0.6 is 0 Å². The number of para-hydroxylation sites is 1. The van der Waals surface area contributed by atoms with E-state index in [0.29, 0.717) is 18.5 Å². The van der Waals surface area contributed by atoms with Gasteiger partial charge < -0.3 is 5.32 Å². The zero-order chi connectivity index (χ0) is 19.5. The number of aryl methyl sites for hydroxylation is 1. The van der Waals surface area contributed by atoms with Crippen molar-refractivity contribution in [1.29, 1.82) is 0 Å². The average molecular weight is 370 g/mol. The number of carbonyl (C=O) groups excluding carboxylic acids is 2. The van der Waals surface area contributed by atoms with E-state index in [9.17, 15) is 9.59 Å². The van der Waals surface area contributed by atoms with Crippen molar-refractivity contribution >= 4 is 17.5 Å². The highest BCUT2D eigenvalue weighted by Gasteiger charge is 2.38. The largest absolute Gasteiger partial charge is 0.350 e. The molecule has 0 saturated carbocycles. The van der Waals surface area contributed by atoms with Crippen LogP contribution in [-0.4, -0.2) is 17.9 Å². The van der Waals surface area contributed by atoms with Gasteiger partial charge in [0.1, 0.15) is 6.04 Å². The maximum atomic E-state index is 13.2. The Kier molecular flexibility index (Phi) is 4.94. The van der Waals surface area contributed by atoms with Gasteiger partial charge in [-0.15, -0.1) is 0 Å². The molecule has 140 valence electrons. The minimum absolute atomic E-state index is 0.135. The van der Waals surface area contributed by atoms with Gasteiger partial charge in [-0.25, -0.2) is 0 Å². The molecule has 0 spiro atoms. The molecule has 2 amide bonds. The summed E-state index contributed by atoms with van der Waals surface area (Å²) >= 11 is 0. The second-order valence-corrected chi connectivity index (χ2v) is 7.03. The van der Waals surface area contributed by atoms with E-state index in [1.165, 1.54) is 0 Å². The highest BCUT2D eigenvalue weighted by molar-refractivity contribution is 6.11. The quantitative estimate of drug-likeness (QED) is 0.758. The normalized spacial score (nSPS) is 15.2. The molecule has 1 aliphatic heterocycles. The van der Waals surface area contributed by atoms with Crippen LogP contribution in [0, 0.1) is 6.92 Å². The minimum Gasteiger partial charge on any atom is -0.350 e. The second-order valence-electron chi connectivity index (χ2n) is 7.03. The third kappa shape index (κ3) is 3.41. The Bertz CT molecular complexity index is 1010. The molecular formula is C24H22N2O2. The van der Waals surface area contributed by atoms with Crippen LogP contribution in [0.5, 0.6) is 0 Å². The monoisotopic (exact) mass is 370 g/mol. The van der Waals surface area contributed by atoms with E-state index in [2.05, 4.69) is 5.32 Å². The standard InChI is InChI=1S/C24H22N2O2/c1-17-9-5-6-13-20(17)16-25-23(27)22-15-19-12-7-8-14-21(19)26(22)24(28)18-10-3-2-4-11-18/h2-14,22H,15-16H2,1H3,(H,25,27)/t22-/m1/s1. The Morgan fingerprint density at radius 2 is 1.61 bits per heavy atom. The maximum absolute atomic E-state index is 13.2. The van der Waals surface area contributed by atoms with Gasteiger partial charge in [0.2, 0.25) is 5.91 Å². The SMILES string of the molecule is Cc1ccccc1CNC(=O)[C@H]1Cc2ccccc2N1C(=O)c1ccccc1. The van der Waals surface area contributed by atoms with Gasteiger partial charge in [0.05, 0.1) is 0 Å². The highest BCUT2D eigenvalue weighted by Crippen LogP contribution is 2.33. The van der Waals surface area contributed by atoms with Crippen LogP contribution < -0.4 is 10.2 Å². The number of carbonyl (C=O) groups is 2. The predicted molar refractivity (Wildman–Crippen MR) is 110 cm³/mol. The zero-order valence-corrected chi connectivity index (χ0v) is 15.8. The van der Waals surface area contributed by atoms with E-state index in [1.54, 1.807) is 17.0 Å². The van der Waals surface area contributed by atoms with Crippen LogP contribution in [0.15, 0.2) is 78.9 Å². The molecule has 1 atom stereocenters. The number of hydrogen-bond acceptors (Lipinski definition) is 2. The number of fused-ring (bicyclic) bond motifs is 1. The van der Waals surface area contributed by atoms with Crippen molar-refractivity contribution in [2.45, 2.75) is 25.9 Å². The fraction of sp³-hybridized carbons (Fsp3) is 0.167. The van der Waals surface area contributed by atoms with Gasteiger partial charge >= 0.3 is 0 Å². The number of rotatable bonds is 4. The molecule has 28 heavy (non-hydrogen) atoms. The Labute approximate surface area is 164 Å². The number of amides is 2. The Morgan fingerprint density at radius 3 is 2.39 bits per heavy atom. The number of nitrogens with zero attached hydrogens (tertiary/aromatic N) is 1. The predicted octanol–water partition coefficient (Wildman–Crippen LogP) is 3.88. The zero-order valence-electron chi connectivity index (χ0n) is 15.8. The van der Waals surface area contributed by atoms with E-state index in [-0.39, 0.29) is 11.8 Å². The molecule has 4 rings (SSSR count). The highest BCUT2D eigenvalue weighted by atomic mass is 16.2. The summed E-state index contributed by atoms with van der Waals surface area (Å²) in [7, 11) is 0. The summed E-state index contributed by atoms with van der Waals surface area (Å²) in [5.41, 5.74) is 4.62. The first-order valence-electron chi connectivity index (χ1n) is 9.44. The third-order valence-electron chi connectivity index (χ3n) is 5.23. The van der Waals surface area contributed by atoms with Crippen LogP contribution in [0.1, 0.15) is 27.0 Å². The minimum atomic E-state index is -0.547. The van der Waals surface area contributed by atoms with Crippen LogP contribution in [0.2, 0.25) is 0 Å². The van der Waals surface area contributed by atoms with Gasteiger partial charge in [-0.2, -0.15) is 0 Å². The van der Waals surface area contributed by atoms with Crippen LogP contribution in [0.3, 0.4) is 0 Å². The number of nitrogens with one attached hydrogen (secondary N) is 1. The summed E-state index contributed by atoms with van der Waals surface area (Å²) < 4.78 is 0. The first-order valence-corrected chi connectivity index (χ1v) is 9.44. The molecule has 3 aromatic carbocycles. The molecule has 3 aromatic rings. The average Bonchev–Trinajstić information content (AvgIpc) is 3.13. The van der Waals surface area contributed by atoms with Gasteiger partial charge in [0.15, 0.2) is 0 Å². The lowest BCUT2D eigenvalue weighted by molar-refractivity contribution is -0.122. The lowest BCUT2D eigenvalue weighted by Crippen LogP contribution is -2.48. The molecule has 0 aliphatic carbocycles. The van der Waals surface area contributed by atoms with Crippen molar-refractivity contribution < 1.29 is 9.59 Å². The number of anilines is 1. The fourth-order valence-corrected chi connectivity index (χ4v) is 3.68. The molecule has 0 aromatic heterocycles. The first kappa shape index (κ1) is 18.0. The van der Waals surface area contributed by atoms with Crippen molar-refractivity contribution in [2.24, 2.45) is 0 Å². The van der Waals surface area contributed by atoms with E-state index < -0.39 is 6.04 Å². The molecular weight excluding hydrogens is 348 g/mol. The molecule has 1 N–H and O–H groups in total. The van der Waals surface area contributed by atoms with Gasteiger partial charge in [-0.05, 0) is 41.8 Å². The van der Waals surface area contributed by atoms with Crippen LogP contribution in [0.4, 0.5) is 5.69 Å². The second kappa shape index (κ2) is 7.69. The molecule has 0 saturated heterocycles. The molecule has 0 bridgehead atoms. The molecule has 1 heterocycles. The Hall–Kier alpha value is -3.40. The summed E-state index contributed by atoms with van der Waals surface area (Å²) in [5, 5.41) is 3.02. The molecule has 0 fully saturated rings. The number of benzene rings is 3. The lowest BCUT2D eigenvalue weighted by atomic mass is 10.1. The van der Waals surface area contributed by atoms with E-state index >= 15 is 0 Å². The molecule has 1 aliphatic rings. The van der Waals surface area contributed by atoms with Crippen molar-refractivity contribution in [3.8, 4) is 0 Å². The summed E-state index contributed by atoms with van der Waals surface area (Å²) in [4.78, 5) is 27.9. The van der Waals surface area contributed by atoms with Gasteiger partial charge in [-0.1, -0.05) is 60.7 Å². The van der Waals surface area contributed by atoms with Crippen LogP contribution in [0.25, 0.3) is 0 Å². The first-order chi connectivity index (χ1) is 13.6. The topological polar surface area (TPSA) is 49.4 Å². The van der Waals surface area contributed by atoms with E-state index in [4.69, 9.17) is 0 Å². The van der Waals surface area contributed by atoms with Gasteiger partial charge in [0, 0.05) is 24.2 Å². The smallest absolute Gasteiger partial charge is 0.259 e. The molecule has 0 radical (unpaired) electrons. The van der Waals surface area contributed by atoms with Gasteiger partial charge in [0.25, 0.3) is 5.91 Å². The summed E-state index contributed by atoms with van der Waals surface area (Å²) in [6.07, 6.45) is 0.522. The molecule has 0 unspecified atom stereocenters. The van der Waals surface area contributed by atoms with Crippen molar-refractivity contribution in [1.82, 2.24) is 5.32 Å². The summed E-state index contributed by atoms with van der Waals surface area (Å²) in [6.45, 7) is 2.48. The van der Waals surface area contributed by atoms with E-state index in [0.717, 1.165) is 22.4 Å². The molecule has 4 nitrogen and oxygen atoms in total. The van der Waals surface area contributed by atoms with Crippen molar-refractivity contribution in [3.63, 3.8) is 0 Å². The van der Waals surface area contributed by atoms with Gasteiger partial charge in [-0.3, -0.25) is 14.5 Å². The number of hydrogen-bond donors (Lipinski definition) is 1. The third-order valence-corrected chi connectivity index (χ3v) is 5.23. The summed E-state index contributed by atoms with van der Waals surface area (Å²) in [5.74, 6) is -0.287. The van der Waals surface area contributed by atoms with Crippen molar-refractivity contribution in [2.75, 3.05) is 4.90 Å². The molecule has 4 heteroatoms. The van der Waals surface area contributed by atoms with E-state index in [1.807, 2.05) is 73.7 Å². The Morgan fingerprint density at radius 1 is 0.929 bits per heavy atom. The lowest BCUT2D eigenvalue weighted by Gasteiger charge is -2.25. The fourth-order valence-electron chi connectivity index (χ4n) is 3.68. The van der Waals surface area contributed by atoms with Crippen molar-refractivity contribution in [3.05, 3.63) is 101 Å². The maximum Gasteiger partial charge on any atom is 0.259 e. The Balaban J connectivity index is 1.59. The summed E-state index contributed by atoms with van der Waals surface area (Å²) in [6, 6.07) is 24.3. The van der Waals surface area contributed by atoms with Crippen LogP contribution in [-0.2, 0) is 17.8 Å².